The Morgan fingerprint density at radius 3 is 2.57 bits per heavy atom. The van der Waals surface area contributed by atoms with Crippen LogP contribution >= 0.6 is 34.8 Å². The van der Waals surface area contributed by atoms with E-state index < -0.39 is 0 Å². The van der Waals surface area contributed by atoms with Crippen molar-refractivity contribution >= 4 is 40.6 Å². The second kappa shape index (κ2) is 8.50. The van der Waals surface area contributed by atoms with Crippen LogP contribution in [0.4, 0.5) is 0 Å². The molecule has 7 heteroatoms. The van der Waals surface area contributed by atoms with Crippen LogP contribution in [0.25, 0.3) is 17.0 Å². The Balaban J connectivity index is 1.53. The molecule has 0 aliphatic carbocycles. The van der Waals surface area contributed by atoms with Gasteiger partial charge in [-0.1, -0.05) is 53.0 Å². The van der Waals surface area contributed by atoms with E-state index in [1.165, 1.54) is 0 Å². The van der Waals surface area contributed by atoms with Crippen LogP contribution in [-0.2, 0) is 13.0 Å². The molecule has 4 aromatic rings. The molecular formula is C21H17Cl3N4. The summed E-state index contributed by atoms with van der Waals surface area (Å²) in [7, 11) is 0. The lowest BCUT2D eigenvalue weighted by molar-refractivity contribution is 0.671. The zero-order chi connectivity index (χ0) is 19.5. The van der Waals surface area contributed by atoms with E-state index >= 15 is 0 Å². The van der Waals surface area contributed by atoms with Gasteiger partial charge >= 0.3 is 0 Å². The Labute approximate surface area is 178 Å². The van der Waals surface area contributed by atoms with Gasteiger partial charge in [-0.2, -0.15) is 0 Å². The number of nitrogens with zero attached hydrogens (tertiary/aromatic N) is 3. The van der Waals surface area contributed by atoms with Gasteiger partial charge in [0.15, 0.2) is 0 Å². The van der Waals surface area contributed by atoms with E-state index in [4.69, 9.17) is 39.8 Å². The number of nitrogens with one attached hydrogen (secondary N) is 1. The van der Waals surface area contributed by atoms with Crippen molar-refractivity contribution in [3.05, 3.63) is 87.2 Å². The molecule has 0 amide bonds. The van der Waals surface area contributed by atoms with Crippen LogP contribution in [0, 0.1) is 0 Å². The number of rotatable bonds is 6. The summed E-state index contributed by atoms with van der Waals surface area (Å²) in [5.41, 5.74) is 4.10. The van der Waals surface area contributed by atoms with Crippen molar-refractivity contribution < 1.29 is 0 Å². The molecule has 142 valence electrons. The first kappa shape index (κ1) is 19.2. The van der Waals surface area contributed by atoms with Crippen LogP contribution < -0.4 is 5.32 Å². The first-order valence-electron chi connectivity index (χ1n) is 8.84. The molecule has 0 atom stereocenters. The normalized spacial score (nSPS) is 11.2. The first-order valence-corrected chi connectivity index (χ1v) is 9.98. The molecule has 0 unspecified atom stereocenters. The summed E-state index contributed by atoms with van der Waals surface area (Å²) in [6, 6.07) is 15.3. The molecule has 0 bridgehead atoms. The number of hydrogen-bond donors (Lipinski definition) is 1. The van der Waals surface area contributed by atoms with Crippen molar-refractivity contribution in [1.82, 2.24) is 19.7 Å². The summed E-state index contributed by atoms with van der Waals surface area (Å²) < 4.78 is 2.01. The highest BCUT2D eigenvalue weighted by Crippen LogP contribution is 2.25. The maximum Gasteiger partial charge on any atom is 0.234 e. The Morgan fingerprint density at radius 2 is 1.79 bits per heavy atom. The molecule has 28 heavy (non-hydrogen) atoms. The zero-order valence-electron chi connectivity index (χ0n) is 14.9. The summed E-state index contributed by atoms with van der Waals surface area (Å²) in [5, 5.41) is 5.35. The fraction of sp³-hybridized carbons (Fsp3) is 0.143. The highest BCUT2D eigenvalue weighted by molar-refractivity contribution is 6.42. The molecule has 4 rings (SSSR count). The SMILES string of the molecule is Clc1ccc(-c2nc3ncccn3c2CNCCc2ccc(Cl)c(Cl)c2)cc1. The van der Waals surface area contributed by atoms with Crippen LogP contribution in [0.1, 0.15) is 11.3 Å². The third-order valence-electron chi connectivity index (χ3n) is 4.49. The van der Waals surface area contributed by atoms with Crippen molar-refractivity contribution in [2.24, 2.45) is 0 Å². The van der Waals surface area contributed by atoms with Gasteiger partial charge in [-0.25, -0.2) is 9.97 Å². The standard InChI is InChI=1S/C21H17Cl3N4/c22-16-5-3-15(4-6-16)20-19(28-11-1-9-26-21(28)27-20)13-25-10-8-14-2-7-17(23)18(24)12-14/h1-7,9,11-12,25H,8,10,13H2. The number of benzene rings is 2. The van der Waals surface area contributed by atoms with Crippen molar-refractivity contribution in [3.63, 3.8) is 0 Å². The summed E-state index contributed by atoms with van der Waals surface area (Å²) in [6.45, 7) is 1.46. The van der Waals surface area contributed by atoms with E-state index in [1.807, 2.05) is 59.1 Å². The highest BCUT2D eigenvalue weighted by Gasteiger charge is 2.14. The fourth-order valence-electron chi connectivity index (χ4n) is 3.08. The third-order valence-corrected chi connectivity index (χ3v) is 5.48. The highest BCUT2D eigenvalue weighted by atomic mass is 35.5. The molecule has 0 spiro atoms. The van der Waals surface area contributed by atoms with E-state index in [2.05, 4.69) is 10.3 Å². The quantitative estimate of drug-likeness (QED) is 0.399. The molecule has 2 aromatic carbocycles. The molecular weight excluding hydrogens is 415 g/mol. The molecule has 1 N–H and O–H groups in total. The van der Waals surface area contributed by atoms with E-state index in [1.54, 1.807) is 6.20 Å². The molecule has 2 aromatic heterocycles. The van der Waals surface area contributed by atoms with Crippen molar-refractivity contribution in [3.8, 4) is 11.3 Å². The molecule has 4 nitrogen and oxygen atoms in total. The maximum atomic E-state index is 6.09. The van der Waals surface area contributed by atoms with E-state index in [9.17, 15) is 0 Å². The van der Waals surface area contributed by atoms with Gasteiger partial charge in [0.1, 0.15) is 0 Å². The minimum absolute atomic E-state index is 0.573. The van der Waals surface area contributed by atoms with Crippen LogP contribution in [-0.4, -0.2) is 20.9 Å². The summed E-state index contributed by atoms with van der Waals surface area (Å²) in [5.74, 6) is 0.675. The minimum atomic E-state index is 0.573. The first-order chi connectivity index (χ1) is 13.6. The van der Waals surface area contributed by atoms with Crippen LogP contribution in [0.2, 0.25) is 15.1 Å². The second-order valence-corrected chi connectivity index (χ2v) is 7.63. The average Bonchev–Trinajstić information content (AvgIpc) is 3.07. The number of imidazole rings is 1. The lowest BCUT2D eigenvalue weighted by Gasteiger charge is -2.08. The summed E-state index contributed by atoms with van der Waals surface area (Å²) >= 11 is 18.1. The van der Waals surface area contributed by atoms with Crippen LogP contribution in [0.15, 0.2) is 60.9 Å². The average molecular weight is 432 g/mol. The Bertz CT molecular complexity index is 1110. The third kappa shape index (κ3) is 4.15. The van der Waals surface area contributed by atoms with E-state index in [-0.39, 0.29) is 0 Å². The molecule has 0 aliphatic heterocycles. The lowest BCUT2D eigenvalue weighted by Crippen LogP contribution is -2.18. The van der Waals surface area contributed by atoms with Gasteiger partial charge in [0, 0.05) is 29.5 Å². The van der Waals surface area contributed by atoms with Crippen LogP contribution in [0.3, 0.4) is 0 Å². The Kier molecular flexibility index (Phi) is 5.83. The van der Waals surface area contributed by atoms with Crippen molar-refractivity contribution in [1.29, 1.82) is 0 Å². The lowest BCUT2D eigenvalue weighted by atomic mass is 10.1. The van der Waals surface area contributed by atoms with Gasteiger partial charge in [0.2, 0.25) is 5.78 Å². The van der Waals surface area contributed by atoms with Crippen molar-refractivity contribution in [2.75, 3.05) is 6.54 Å². The number of halogens is 3. The number of hydrogen-bond acceptors (Lipinski definition) is 3. The van der Waals surface area contributed by atoms with Crippen molar-refractivity contribution in [2.45, 2.75) is 13.0 Å². The van der Waals surface area contributed by atoms with E-state index in [0.29, 0.717) is 27.4 Å². The fourth-order valence-corrected chi connectivity index (χ4v) is 3.52. The topological polar surface area (TPSA) is 42.2 Å². The molecule has 0 fully saturated rings. The monoisotopic (exact) mass is 430 g/mol. The number of aromatic nitrogens is 3. The number of fused-ring (bicyclic) bond motifs is 1. The smallest absolute Gasteiger partial charge is 0.234 e. The molecule has 0 aliphatic rings. The zero-order valence-corrected chi connectivity index (χ0v) is 17.1. The van der Waals surface area contributed by atoms with Gasteiger partial charge in [0.05, 0.1) is 21.4 Å². The minimum Gasteiger partial charge on any atom is -0.311 e. The molecule has 0 radical (unpaired) electrons. The Morgan fingerprint density at radius 1 is 0.964 bits per heavy atom. The largest absolute Gasteiger partial charge is 0.311 e. The van der Waals surface area contributed by atoms with Gasteiger partial charge in [-0.05, 0) is 48.9 Å². The summed E-state index contributed by atoms with van der Waals surface area (Å²) in [6.07, 6.45) is 4.57. The van der Waals surface area contributed by atoms with Gasteiger partial charge in [-0.3, -0.25) is 4.40 Å². The second-order valence-electron chi connectivity index (χ2n) is 6.38. The summed E-state index contributed by atoms with van der Waals surface area (Å²) in [4.78, 5) is 9.08. The van der Waals surface area contributed by atoms with Gasteiger partial charge < -0.3 is 5.32 Å². The Hall–Kier alpha value is -2.11. The maximum absolute atomic E-state index is 6.09. The predicted molar refractivity (Wildman–Crippen MR) is 115 cm³/mol. The van der Waals surface area contributed by atoms with Crippen LogP contribution in [0.5, 0.6) is 0 Å². The van der Waals surface area contributed by atoms with Gasteiger partial charge in [-0.15, -0.1) is 0 Å². The van der Waals surface area contributed by atoms with Gasteiger partial charge in [0.25, 0.3) is 0 Å². The predicted octanol–water partition coefficient (Wildman–Crippen LogP) is 5.69. The molecule has 0 saturated carbocycles. The molecule has 2 heterocycles. The molecule has 0 saturated heterocycles. The van der Waals surface area contributed by atoms with E-state index in [0.717, 1.165) is 35.5 Å².